The van der Waals surface area contributed by atoms with Crippen LogP contribution in [0.4, 0.5) is 5.69 Å². The van der Waals surface area contributed by atoms with E-state index >= 15 is 0 Å². The van der Waals surface area contributed by atoms with Crippen LogP contribution in [-0.4, -0.2) is 29.7 Å². The molecule has 0 aromatic heterocycles. The van der Waals surface area contributed by atoms with Gasteiger partial charge in [-0.05, 0) is 49.9 Å². The van der Waals surface area contributed by atoms with Crippen molar-refractivity contribution >= 4 is 17.6 Å². The molecule has 1 heterocycles. The second-order valence-electron chi connectivity index (χ2n) is 5.62. The molecular formula is C16H21NO4. The molecule has 1 aliphatic rings. The van der Waals surface area contributed by atoms with Crippen LogP contribution in [0.1, 0.15) is 30.4 Å². The lowest BCUT2D eigenvalue weighted by Crippen LogP contribution is -2.31. The maximum Gasteiger partial charge on any atom is 0.309 e. The van der Waals surface area contributed by atoms with Gasteiger partial charge in [0, 0.05) is 18.7 Å². The Hall–Kier alpha value is -1.88. The smallest absolute Gasteiger partial charge is 0.309 e. The van der Waals surface area contributed by atoms with Gasteiger partial charge in [0.1, 0.15) is 0 Å². The van der Waals surface area contributed by atoms with Gasteiger partial charge in [0.05, 0.1) is 12.0 Å². The fourth-order valence-corrected chi connectivity index (χ4v) is 2.76. The third-order valence-electron chi connectivity index (χ3n) is 3.64. The fraction of sp³-hybridized carbons (Fsp3) is 0.500. The van der Waals surface area contributed by atoms with Gasteiger partial charge in [-0.2, -0.15) is 0 Å². The zero-order valence-electron chi connectivity index (χ0n) is 12.4. The molecule has 1 aromatic carbocycles. The monoisotopic (exact) mass is 291 g/mol. The highest BCUT2D eigenvalue weighted by Gasteiger charge is 2.33. The third-order valence-corrected chi connectivity index (χ3v) is 3.64. The number of anilines is 1. The lowest BCUT2D eigenvalue weighted by atomic mass is 9.96. The molecule has 1 amide bonds. The van der Waals surface area contributed by atoms with E-state index < -0.39 is 11.9 Å². The van der Waals surface area contributed by atoms with Gasteiger partial charge in [0.25, 0.3) is 0 Å². The summed E-state index contributed by atoms with van der Waals surface area (Å²) >= 11 is 0. The zero-order valence-corrected chi connectivity index (χ0v) is 12.4. The molecule has 5 heteroatoms. The van der Waals surface area contributed by atoms with Gasteiger partial charge in [0.2, 0.25) is 5.91 Å². The van der Waals surface area contributed by atoms with Crippen LogP contribution in [0.25, 0.3) is 0 Å². The Labute approximate surface area is 124 Å². The minimum atomic E-state index is -0.975. The van der Waals surface area contributed by atoms with E-state index in [9.17, 15) is 14.7 Å². The summed E-state index contributed by atoms with van der Waals surface area (Å²) in [6.07, 6.45) is 1.14. The van der Waals surface area contributed by atoms with Crippen molar-refractivity contribution in [2.24, 2.45) is 5.92 Å². The molecule has 0 spiro atoms. The SMILES string of the molecule is Cc1cc(C)cc(NC(=O)CC(C(=O)O)C2CCCO2)c1. The zero-order chi connectivity index (χ0) is 15.4. The Morgan fingerprint density at radius 2 is 2.00 bits per heavy atom. The maximum atomic E-state index is 12.1. The molecule has 0 radical (unpaired) electrons. The van der Waals surface area contributed by atoms with Gasteiger partial charge in [0.15, 0.2) is 0 Å². The Morgan fingerprint density at radius 3 is 2.52 bits per heavy atom. The maximum absolute atomic E-state index is 12.1. The van der Waals surface area contributed by atoms with E-state index in [0.717, 1.165) is 17.5 Å². The summed E-state index contributed by atoms with van der Waals surface area (Å²) in [4.78, 5) is 23.4. The first kappa shape index (κ1) is 15.5. The molecule has 114 valence electrons. The van der Waals surface area contributed by atoms with Crippen LogP contribution >= 0.6 is 0 Å². The number of aryl methyl sites for hydroxylation is 2. The average Bonchev–Trinajstić information content (AvgIpc) is 2.87. The number of hydrogen-bond acceptors (Lipinski definition) is 3. The number of amides is 1. The van der Waals surface area contributed by atoms with Crippen LogP contribution in [-0.2, 0) is 14.3 Å². The topological polar surface area (TPSA) is 75.6 Å². The molecule has 1 fully saturated rings. The normalized spacial score (nSPS) is 19.2. The number of benzene rings is 1. The van der Waals surface area contributed by atoms with Crippen molar-refractivity contribution < 1.29 is 19.4 Å². The van der Waals surface area contributed by atoms with Crippen LogP contribution < -0.4 is 5.32 Å². The van der Waals surface area contributed by atoms with Crippen molar-refractivity contribution in [3.8, 4) is 0 Å². The number of carboxylic acid groups (broad SMARTS) is 1. The second-order valence-corrected chi connectivity index (χ2v) is 5.62. The van der Waals surface area contributed by atoms with Crippen LogP contribution in [0.2, 0.25) is 0 Å². The van der Waals surface area contributed by atoms with E-state index in [2.05, 4.69) is 5.32 Å². The molecule has 1 aliphatic heterocycles. The Bertz CT molecular complexity index is 515. The first-order chi connectivity index (χ1) is 9.95. The Balaban J connectivity index is 2.00. The van der Waals surface area contributed by atoms with E-state index in [1.54, 1.807) is 0 Å². The van der Waals surface area contributed by atoms with Gasteiger partial charge in [-0.25, -0.2) is 0 Å². The van der Waals surface area contributed by atoms with Crippen molar-refractivity contribution in [1.29, 1.82) is 0 Å². The molecule has 2 rings (SSSR count). The summed E-state index contributed by atoms with van der Waals surface area (Å²) in [6, 6.07) is 5.75. The van der Waals surface area contributed by atoms with E-state index in [-0.39, 0.29) is 18.4 Å². The van der Waals surface area contributed by atoms with Gasteiger partial charge in [-0.15, -0.1) is 0 Å². The molecule has 2 atom stereocenters. The molecule has 1 saturated heterocycles. The van der Waals surface area contributed by atoms with E-state index in [1.807, 2.05) is 32.0 Å². The number of carbonyl (C=O) groups excluding carboxylic acids is 1. The van der Waals surface area contributed by atoms with Crippen LogP contribution in [0.3, 0.4) is 0 Å². The largest absolute Gasteiger partial charge is 0.481 e. The molecule has 0 bridgehead atoms. The van der Waals surface area contributed by atoms with Gasteiger partial charge >= 0.3 is 5.97 Å². The van der Waals surface area contributed by atoms with Crippen molar-refractivity contribution in [1.82, 2.24) is 0 Å². The lowest BCUT2D eigenvalue weighted by Gasteiger charge is -2.18. The average molecular weight is 291 g/mol. The number of ether oxygens (including phenoxy) is 1. The predicted molar refractivity (Wildman–Crippen MR) is 79.3 cm³/mol. The number of hydrogen-bond donors (Lipinski definition) is 2. The van der Waals surface area contributed by atoms with Gasteiger partial charge in [-0.3, -0.25) is 9.59 Å². The van der Waals surface area contributed by atoms with Crippen LogP contribution in [0.15, 0.2) is 18.2 Å². The summed E-state index contributed by atoms with van der Waals surface area (Å²) in [5.74, 6) is -2.04. The van der Waals surface area contributed by atoms with Crippen molar-refractivity contribution in [3.05, 3.63) is 29.3 Å². The number of nitrogens with one attached hydrogen (secondary N) is 1. The summed E-state index contributed by atoms with van der Waals surface area (Å²) in [6.45, 7) is 4.48. The number of carbonyl (C=O) groups is 2. The lowest BCUT2D eigenvalue weighted by molar-refractivity contribution is -0.148. The molecule has 21 heavy (non-hydrogen) atoms. The van der Waals surface area contributed by atoms with E-state index in [1.165, 1.54) is 0 Å². The van der Waals surface area contributed by atoms with Crippen molar-refractivity contribution in [2.45, 2.75) is 39.2 Å². The summed E-state index contributed by atoms with van der Waals surface area (Å²) < 4.78 is 5.40. The first-order valence-electron chi connectivity index (χ1n) is 7.18. The summed E-state index contributed by atoms with van der Waals surface area (Å²) in [5.41, 5.74) is 2.81. The number of aliphatic carboxylic acids is 1. The number of carboxylic acids is 1. The highest BCUT2D eigenvalue weighted by Crippen LogP contribution is 2.24. The van der Waals surface area contributed by atoms with Crippen LogP contribution in [0.5, 0.6) is 0 Å². The molecule has 0 aliphatic carbocycles. The molecule has 1 aromatic rings. The summed E-state index contributed by atoms with van der Waals surface area (Å²) in [5, 5.41) is 12.1. The second kappa shape index (κ2) is 6.72. The van der Waals surface area contributed by atoms with Gasteiger partial charge in [-0.1, -0.05) is 6.07 Å². The quantitative estimate of drug-likeness (QED) is 0.874. The van der Waals surface area contributed by atoms with Crippen molar-refractivity contribution in [3.63, 3.8) is 0 Å². The number of rotatable bonds is 5. The Kier molecular flexibility index (Phi) is 4.96. The first-order valence-corrected chi connectivity index (χ1v) is 7.18. The fourth-order valence-electron chi connectivity index (χ4n) is 2.76. The van der Waals surface area contributed by atoms with Crippen molar-refractivity contribution in [2.75, 3.05) is 11.9 Å². The molecule has 2 N–H and O–H groups in total. The van der Waals surface area contributed by atoms with E-state index in [0.29, 0.717) is 18.7 Å². The molecule has 0 saturated carbocycles. The standard InChI is InChI=1S/C16H21NO4/c1-10-6-11(2)8-12(7-10)17-15(18)9-13(16(19)20)14-4-3-5-21-14/h6-8,13-14H,3-5,9H2,1-2H3,(H,17,18)(H,19,20). The van der Waals surface area contributed by atoms with E-state index in [4.69, 9.17) is 4.74 Å². The molecular weight excluding hydrogens is 270 g/mol. The molecule has 2 unspecified atom stereocenters. The highest BCUT2D eigenvalue weighted by molar-refractivity contribution is 5.93. The highest BCUT2D eigenvalue weighted by atomic mass is 16.5. The molecule has 5 nitrogen and oxygen atoms in total. The predicted octanol–water partition coefficient (Wildman–Crippen LogP) is 2.51. The Morgan fingerprint density at radius 1 is 1.33 bits per heavy atom. The van der Waals surface area contributed by atoms with Crippen LogP contribution in [0, 0.1) is 19.8 Å². The third kappa shape index (κ3) is 4.29. The summed E-state index contributed by atoms with van der Waals surface area (Å²) in [7, 11) is 0. The van der Waals surface area contributed by atoms with Gasteiger partial charge < -0.3 is 15.2 Å². The minimum absolute atomic E-state index is 0.0625. The minimum Gasteiger partial charge on any atom is -0.481 e.